The molecule has 2 heterocycles. The summed E-state index contributed by atoms with van der Waals surface area (Å²) >= 11 is 11.7. The van der Waals surface area contributed by atoms with Gasteiger partial charge in [0.05, 0.1) is 10.0 Å². The molecular weight excluding hydrogens is 597 g/mol. The fraction of sp³-hybridized carbons (Fsp3) is 0.562. The smallest absolute Gasteiger partial charge is 0.211 e. The third kappa shape index (κ3) is 12.7. The number of rotatable bonds is 10. The highest BCUT2D eigenvalue weighted by atomic mass is 35.5. The topological polar surface area (TPSA) is 93.7 Å². The summed E-state index contributed by atoms with van der Waals surface area (Å²) in [5, 5.41) is 17.3. The number of hydrogen-bond donors (Lipinski definition) is 4. The molecule has 0 aliphatic carbocycles. The standard InChI is InChI=1S/C17H14Cl2F2N2O.C10H20N2O2.C5H12/c18-13-3-1-2-9(17(13)21)11-6-22-7-12(11)10-4-15(20)14(19)5-16(10)23-8-24;13-8-10-2-6-12(7-3-10)5-1-4-11-9-14;1-5(2,3)4/h1-5,8,11-12,22H,6-7H2,(H,23,24);9-10,13H,1-8H2,(H,11,14);1-4H3/t11-,12+;;/m1../s1. The van der Waals surface area contributed by atoms with Gasteiger partial charge < -0.3 is 26.0 Å². The van der Waals surface area contributed by atoms with E-state index in [1.54, 1.807) is 12.1 Å². The Balaban J connectivity index is 0.000000287. The molecule has 0 aromatic heterocycles. The predicted molar refractivity (Wildman–Crippen MR) is 171 cm³/mol. The molecule has 43 heavy (non-hydrogen) atoms. The summed E-state index contributed by atoms with van der Waals surface area (Å²) < 4.78 is 28.4. The van der Waals surface area contributed by atoms with Crippen LogP contribution in [-0.4, -0.2) is 68.7 Å². The second-order valence-electron chi connectivity index (χ2n) is 12.5. The van der Waals surface area contributed by atoms with E-state index in [0.717, 1.165) is 51.9 Å². The Hall–Kier alpha value is -2.30. The van der Waals surface area contributed by atoms with E-state index in [1.165, 1.54) is 18.2 Å². The summed E-state index contributed by atoms with van der Waals surface area (Å²) in [6.07, 6.45) is 4.49. The molecule has 0 spiro atoms. The predicted octanol–water partition coefficient (Wildman–Crippen LogP) is 6.19. The summed E-state index contributed by atoms with van der Waals surface area (Å²) in [7, 11) is 0. The van der Waals surface area contributed by atoms with Gasteiger partial charge in [-0.15, -0.1) is 0 Å². The average Bonchev–Trinajstić information content (AvgIpc) is 3.44. The van der Waals surface area contributed by atoms with Gasteiger partial charge in [0.1, 0.15) is 11.6 Å². The molecule has 11 heteroatoms. The van der Waals surface area contributed by atoms with Crippen LogP contribution >= 0.6 is 23.2 Å². The van der Waals surface area contributed by atoms with E-state index in [-0.39, 0.29) is 21.9 Å². The maximum absolute atomic E-state index is 14.4. The highest BCUT2D eigenvalue weighted by molar-refractivity contribution is 6.31. The third-order valence-electron chi connectivity index (χ3n) is 7.15. The van der Waals surface area contributed by atoms with Gasteiger partial charge in [-0.3, -0.25) is 9.59 Å². The Kier molecular flexibility index (Phi) is 15.9. The molecule has 2 saturated heterocycles. The Labute approximate surface area is 264 Å². The third-order valence-corrected chi connectivity index (χ3v) is 7.73. The van der Waals surface area contributed by atoms with Crippen molar-refractivity contribution < 1.29 is 23.5 Å². The Morgan fingerprint density at radius 3 is 2.21 bits per heavy atom. The van der Waals surface area contributed by atoms with Crippen molar-refractivity contribution in [3.05, 3.63) is 63.1 Å². The fourth-order valence-corrected chi connectivity index (χ4v) is 5.40. The van der Waals surface area contributed by atoms with Crippen LogP contribution < -0.4 is 16.0 Å². The lowest BCUT2D eigenvalue weighted by Crippen LogP contribution is -2.36. The van der Waals surface area contributed by atoms with Crippen molar-refractivity contribution in [2.45, 2.75) is 58.8 Å². The van der Waals surface area contributed by atoms with Gasteiger partial charge in [-0.25, -0.2) is 8.78 Å². The van der Waals surface area contributed by atoms with E-state index < -0.39 is 11.6 Å². The first-order valence-electron chi connectivity index (χ1n) is 14.7. The molecule has 2 aliphatic heterocycles. The van der Waals surface area contributed by atoms with Crippen LogP contribution in [0.1, 0.15) is 69.9 Å². The maximum Gasteiger partial charge on any atom is 0.211 e. The van der Waals surface area contributed by atoms with E-state index >= 15 is 0 Å². The van der Waals surface area contributed by atoms with E-state index in [4.69, 9.17) is 28.3 Å². The highest BCUT2D eigenvalue weighted by Gasteiger charge is 2.34. The average molecular weight is 644 g/mol. The van der Waals surface area contributed by atoms with Crippen LogP contribution in [0.5, 0.6) is 0 Å². The van der Waals surface area contributed by atoms with Crippen molar-refractivity contribution in [1.82, 2.24) is 15.5 Å². The van der Waals surface area contributed by atoms with Gasteiger partial charge >= 0.3 is 0 Å². The largest absolute Gasteiger partial charge is 0.396 e. The summed E-state index contributed by atoms with van der Waals surface area (Å²) in [5.74, 6) is -1.01. The zero-order chi connectivity index (χ0) is 32.0. The summed E-state index contributed by atoms with van der Waals surface area (Å²) in [5.41, 5.74) is 1.95. The summed E-state index contributed by atoms with van der Waals surface area (Å²) in [4.78, 5) is 23.2. The van der Waals surface area contributed by atoms with Gasteiger partial charge in [0, 0.05) is 43.8 Å². The molecule has 0 bridgehead atoms. The number of piperidine rings is 1. The van der Waals surface area contributed by atoms with Gasteiger partial charge in [-0.1, -0.05) is 63.0 Å². The second-order valence-corrected chi connectivity index (χ2v) is 13.3. The Bertz CT molecular complexity index is 1150. The molecule has 0 saturated carbocycles. The van der Waals surface area contributed by atoms with E-state index in [0.29, 0.717) is 54.3 Å². The summed E-state index contributed by atoms with van der Waals surface area (Å²) in [6, 6.07) is 7.50. The SMILES string of the molecule is CC(C)(C)C.O=CNCCCN1CCC(CO)CC1.O=CNc1cc(Cl)c(F)cc1[C@@H]1CNC[C@@H]1c1cccc(Cl)c1F. The van der Waals surface area contributed by atoms with Crippen molar-refractivity contribution in [1.29, 1.82) is 0 Å². The minimum Gasteiger partial charge on any atom is -0.396 e. The lowest BCUT2D eigenvalue weighted by atomic mass is 9.83. The van der Waals surface area contributed by atoms with Crippen molar-refractivity contribution >= 4 is 41.7 Å². The molecule has 2 fully saturated rings. The first kappa shape index (κ1) is 36.9. The van der Waals surface area contributed by atoms with Crippen molar-refractivity contribution in [2.24, 2.45) is 11.3 Å². The zero-order valence-electron chi connectivity index (χ0n) is 25.6. The van der Waals surface area contributed by atoms with E-state index in [9.17, 15) is 18.4 Å². The molecule has 2 atom stereocenters. The number of nitrogens with zero attached hydrogens (tertiary/aromatic N) is 1. The van der Waals surface area contributed by atoms with E-state index in [1.807, 2.05) is 0 Å². The molecule has 2 aliphatic rings. The van der Waals surface area contributed by atoms with Gasteiger partial charge in [-0.2, -0.15) is 0 Å². The number of halogens is 4. The number of amides is 2. The minimum absolute atomic E-state index is 0.0478. The molecule has 0 unspecified atom stereocenters. The van der Waals surface area contributed by atoms with Crippen LogP contribution in [0.2, 0.25) is 10.0 Å². The molecule has 2 aromatic rings. The van der Waals surface area contributed by atoms with Gasteiger partial charge in [0.15, 0.2) is 0 Å². The highest BCUT2D eigenvalue weighted by Crippen LogP contribution is 2.42. The van der Waals surface area contributed by atoms with Crippen LogP contribution in [0.25, 0.3) is 0 Å². The maximum atomic E-state index is 14.4. The van der Waals surface area contributed by atoms with Crippen LogP contribution in [0.15, 0.2) is 30.3 Å². The Morgan fingerprint density at radius 2 is 1.63 bits per heavy atom. The quantitative estimate of drug-likeness (QED) is 0.183. The molecule has 2 amide bonds. The number of benzene rings is 2. The molecular formula is C32H46Cl2F2N4O3. The number of carbonyl (C=O) groups is 2. The van der Waals surface area contributed by atoms with Crippen LogP contribution in [0.3, 0.4) is 0 Å². The molecule has 4 N–H and O–H groups in total. The Morgan fingerprint density at radius 1 is 1.00 bits per heavy atom. The lowest BCUT2D eigenvalue weighted by molar-refractivity contribution is -0.109. The van der Waals surface area contributed by atoms with Crippen molar-refractivity contribution in [3.63, 3.8) is 0 Å². The lowest BCUT2D eigenvalue weighted by Gasteiger charge is -2.30. The van der Waals surface area contributed by atoms with Crippen LogP contribution in [0.4, 0.5) is 14.5 Å². The van der Waals surface area contributed by atoms with Gasteiger partial charge in [0.2, 0.25) is 12.8 Å². The summed E-state index contributed by atoms with van der Waals surface area (Å²) in [6.45, 7) is 14.1. The number of carbonyl (C=O) groups excluding carboxylic acids is 2. The van der Waals surface area contributed by atoms with Gasteiger partial charge in [0.25, 0.3) is 0 Å². The second kappa shape index (κ2) is 18.5. The monoisotopic (exact) mass is 642 g/mol. The van der Waals surface area contributed by atoms with Crippen LogP contribution in [0, 0.1) is 23.0 Å². The fourth-order valence-electron chi connectivity index (χ4n) is 5.05. The van der Waals surface area contributed by atoms with E-state index in [2.05, 4.69) is 48.5 Å². The minimum atomic E-state index is -0.583. The normalized spacial score (nSPS) is 19.0. The molecule has 240 valence electrons. The number of hydrogen-bond acceptors (Lipinski definition) is 5. The zero-order valence-corrected chi connectivity index (χ0v) is 27.1. The molecule has 2 aromatic carbocycles. The molecule has 0 radical (unpaired) electrons. The number of aliphatic hydroxyl groups excluding tert-OH is 1. The van der Waals surface area contributed by atoms with Crippen LogP contribution in [-0.2, 0) is 9.59 Å². The molecule has 7 nitrogen and oxygen atoms in total. The number of aliphatic hydroxyl groups is 1. The first-order valence-corrected chi connectivity index (χ1v) is 15.5. The number of nitrogens with one attached hydrogen (secondary N) is 3. The molecule has 4 rings (SSSR count). The van der Waals surface area contributed by atoms with Crippen molar-refractivity contribution in [2.75, 3.05) is 51.2 Å². The first-order chi connectivity index (χ1) is 20.4. The van der Waals surface area contributed by atoms with Gasteiger partial charge in [-0.05, 0) is 79.6 Å². The number of likely N-dealkylation sites (tertiary alicyclic amines) is 1. The van der Waals surface area contributed by atoms with Crippen molar-refractivity contribution in [3.8, 4) is 0 Å². The number of anilines is 1.